The molecular weight excluding hydrogens is 283 g/mol. The summed E-state index contributed by atoms with van der Waals surface area (Å²) in [4.78, 5) is 3.02. The van der Waals surface area contributed by atoms with Gasteiger partial charge in [-0.3, -0.25) is 0 Å². The first-order chi connectivity index (χ1) is 10.2. The van der Waals surface area contributed by atoms with E-state index in [9.17, 15) is 9.65 Å². The van der Waals surface area contributed by atoms with Crippen LogP contribution in [0.1, 0.15) is 18.1 Å². The summed E-state index contributed by atoms with van der Waals surface area (Å²) < 4.78 is 12.9. The molecule has 2 nitrogen and oxygen atoms in total. The standard InChI is InChI=1S/C17H17FN2S/c1-3-21-17-6-4-5-16(15(17)11-19)20(2)12-13-7-9-14(18)10-8-13/h4-10H,3,12H2,1-2H3. The maximum atomic E-state index is 12.9. The van der Waals surface area contributed by atoms with Crippen molar-refractivity contribution in [1.29, 1.82) is 5.26 Å². The Hall–Kier alpha value is -1.99. The summed E-state index contributed by atoms with van der Waals surface area (Å²) in [5.41, 5.74) is 2.62. The van der Waals surface area contributed by atoms with Crippen LogP contribution in [0.3, 0.4) is 0 Å². The molecule has 108 valence electrons. The number of hydrogen-bond acceptors (Lipinski definition) is 3. The summed E-state index contributed by atoms with van der Waals surface area (Å²) in [7, 11) is 1.94. The van der Waals surface area contributed by atoms with Crippen molar-refractivity contribution in [2.45, 2.75) is 18.4 Å². The molecule has 0 aliphatic heterocycles. The fourth-order valence-electron chi connectivity index (χ4n) is 2.17. The number of nitriles is 1. The fraction of sp³-hybridized carbons (Fsp3) is 0.235. The molecule has 0 heterocycles. The van der Waals surface area contributed by atoms with E-state index in [0.717, 1.165) is 21.9 Å². The molecule has 0 atom stereocenters. The van der Waals surface area contributed by atoms with Crippen molar-refractivity contribution < 1.29 is 4.39 Å². The zero-order valence-electron chi connectivity index (χ0n) is 12.1. The minimum Gasteiger partial charge on any atom is -0.369 e. The van der Waals surface area contributed by atoms with Gasteiger partial charge in [0.25, 0.3) is 0 Å². The van der Waals surface area contributed by atoms with Gasteiger partial charge in [-0.1, -0.05) is 25.1 Å². The van der Waals surface area contributed by atoms with Gasteiger partial charge in [0.05, 0.1) is 11.3 Å². The Morgan fingerprint density at radius 1 is 1.19 bits per heavy atom. The minimum atomic E-state index is -0.236. The van der Waals surface area contributed by atoms with Crippen molar-refractivity contribution >= 4 is 17.4 Å². The third-order valence-corrected chi connectivity index (χ3v) is 4.10. The van der Waals surface area contributed by atoms with Crippen molar-refractivity contribution in [3.8, 4) is 6.07 Å². The molecule has 0 N–H and O–H groups in total. The highest BCUT2D eigenvalue weighted by Crippen LogP contribution is 2.30. The lowest BCUT2D eigenvalue weighted by atomic mass is 10.1. The first-order valence-electron chi connectivity index (χ1n) is 6.77. The van der Waals surface area contributed by atoms with Crippen molar-refractivity contribution in [2.75, 3.05) is 17.7 Å². The van der Waals surface area contributed by atoms with Crippen molar-refractivity contribution in [3.63, 3.8) is 0 Å². The Morgan fingerprint density at radius 3 is 2.52 bits per heavy atom. The molecule has 0 aromatic heterocycles. The van der Waals surface area contributed by atoms with Gasteiger partial charge in [0, 0.05) is 18.5 Å². The molecule has 0 aliphatic carbocycles. The van der Waals surface area contributed by atoms with Crippen LogP contribution in [-0.2, 0) is 6.54 Å². The summed E-state index contributed by atoms with van der Waals surface area (Å²) in [6.07, 6.45) is 0. The Kier molecular flexibility index (Phi) is 5.24. The van der Waals surface area contributed by atoms with Crippen LogP contribution in [0.2, 0.25) is 0 Å². The molecule has 0 amide bonds. The normalized spacial score (nSPS) is 10.2. The Balaban J connectivity index is 2.26. The van der Waals surface area contributed by atoms with Gasteiger partial charge in [-0.25, -0.2) is 4.39 Å². The summed E-state index contributed by atoms with van der Waals surface area (Å²) in [6, 6.07) is 14.6. The predicted molar refractivity (Wildman–Crippen MR) is 86.1 cm³/mol. The summed E-state index contributed by atoms with van der Waals surface area (Å²) in [6.45, 7) is 2.70. The first-order valence-corrected chi connectivity index (χ1v) is 7.75. The number of nitrogens with zero attached hydrogens (tertiary/aromatic N) is 2. The highest BCUT2D eigenvalue weighted by atomic mass is 32.2. The molecule has 0 bridgehead atoms. The second kappa shape index (κ2) is 7.14. The predicted octanol–water partition coefficient (Wildman–Crippen LogP) is 4.45. The molecule has 4 heteroatoms. The molecule has 2 aromatic carbocycles. The van der Waals surface area contributed by atoms with Crippen molar-refractivity contribution in [1.82, 2.24) is 0 Å². The van der Waals surface area contributed by atoms with Crippen LogP contribution in [0.4, 0.5) is 10.1 Å². The molecule has 0 saturated carbocycles. The average Bonchev–Trinajstić information content (AvgIpc) is 2.49. The van der Waals surface area contributed by atoms with E-state index in [1.165, 1.54) is 12.1 Å². The van der Waals surface area contributed by atoms with Gasteiger partial charge in [-0.05, 0) is 35.6 Å². The first kappa shape index (κ1) is 15.4. The van der Waals surface area contributed by atoms with E-state index >= 15 is 0 Å². The SMILES string of the molecule is CCSc1cccc(N(C)Cc2ccc(F)cc2)c1C#N. The number of halogens is 1. The topological polar surface area (TPSA) is 27.0 Å². The van der Waals surface area contributed by atoms with Crippen LogP contribution in [0, 0.1) is 17.1 Å². The number of thioether (sulfide) groups is 1. The maximum absolute atomic E-state index is 12.9. The number of anilines is 1. The molecule has 2 rings (SSSR count). The summed E-state index contributed by atoms with van der Waals surface area (Å²) >= 11 is 1.67. The summed E-state index contributed by atoms with van der Waals surface area (Å²) in [5, 5.41) is 9.44. The van der Waals surface area contributed by atoms with Crippen LogP contribution in [0.25, 0.3) is 0 Å². The number of benzene rings is 2. The minimum absolute atomic E-state index is 0.236. The molecule has 0 aliphatic rings. The molecule has 0 radical (unpaired) electrons. The van der Waals surface area contributed by atoms with Gasteiger partial charge in [0.1, 0.15) is 11.9 Å². The van der Waals surface area contributed by atoms with Gasteiger partial charge < -0.3 is 4.90 Å². The Morgan fingerprint density at radius 2 is 1.90 bits per heavy atom. The monoisotopic (exact) mass is 300 g/mol. The fourth-order valence-corrected chi connectivity index (χ4v) is 2.95. The highest BCUT2D eigenvalue weighted by Gasteiger charge is 2.12. The van der Waals surface area contributed by atoms with Crippen LogP contribution < -0.4 is 4.90 Å². The largest absolute Gasteiger partial charge is 0.369 e. The Labute approximate surface area is 129 Å². The molecule has 0 saturated heterocycles. The molecule has 21 heavy (non-hydrogen) atoms. The quantitative estimate of drug-likeness (QED) is 0.764. The van der Waals surface area contributed by atoms with Gasteiger partial charge in [0.15, 0.2) is 0 Å². The zero-order chi connectivity index (χ0) is 15.2. The van der Waals surface area contributed by atoms with E-state index in [2.05, 4.69) is 13.0 Å². The third-order valence-electron chi connectivity index (χ3n) is 3.16. The highest BCUT2D eigenvalue weighted by molar-refractivity contribution is 7.99. The average molecular weight is 300 g/mol. The zero-order valence-corrected chi connectivity index (χ0v) is 13.0. The number of rotatable bonds is 5. The lowest BCUT2D eigenvalue weighted by molar-refractivity contribution is 0.627. The van der Waals surface area contributed by atoms with E-state index in [4.69, 9.17) is 0 Å². The van der Waals surface area contributed by atoms with E-state index in [0.29, 0.717) is 12.1 Å². The van der Waals surface area contributed by atoms with Gasteiger partial charge in [0.2, 0.25) is 0 Å². The van der Waals surface area contributed by atoms with Crippen LogP contribution >= 0.6 is 11.8 Å². The van der Waals surface area contributed by atoms with Crippen LogP contribution in [-0.4, -0.2) is 12.8 Å². The van der Waals surface area contributed by atoms with E-state index < -0.39 is 0 Å². The molecule has 0 fully saturated rings. The summed E-state index contributed by atoms with van der Waals surface area (Å²) in [5.74, 6) is 0.695. The van der Waals surface area contributed by atoms with Gasteiger partial charge >= 0.3 is 0 Å². The lowest BCUT2D eigenvalue weighted by Gasteiger charge is -2.21. The maximum Gasteiger partial charge on any atom is 0.123 e. The molecule has 2 aromatic rings. The van der Waals surface area contributed by atoms with E-state index in [1.54, 1.807) is 23.9 Å². The van der Waals surface area contributed by atoms with Crippen molar-refractivity contribution in [2.24, 2.45) is 0 Å². The van der Waals surface area contributed by atoms with Gasteiger partial charge in [-0.2, -0.15) is 5.26 Å². The van der Waals surface area contributed by atoms with E-state index in [-0.39, 0.29) is 5.82 Å². The van der Waals surface area contributed by atoms with Crippen molar-refractivity contribution in [3.05, 3.63) is 59.4 Å². The van der Waals surface area contributed by atoms with Crippen LogP contribution in [0.5, 0.6) is 0 Å². The third kappa shape index (κ3) is 3.77. The molecule has 0 spiro atoms. The van der Waals surface area contributed by atoms with E-state index in [1.807, 2.05) is 30.1 Å². The number of hydrogen-bond donors (Lipinski definition) is 0. The second-order valence-electron chi connectivity index (χ2n) is 4.68. The molecular formula is C17H17FN2S. The van der Waals surface area contributed by atoms with Gasteiger partial charge in [-0.15, -0.1) is 11.8 Å². The Bertz CT molecular complexity index is 647. The second-order valence-corrected chi connectivity index (χ2v) is 5.98. The smallest absolute Gasteiger partial charge is 0.123 e. The molecule has 0 unspecified atom stereocenters. The van der Waals surface area contributed by atoms with Crippen LogP contribution in [0.15, 0.2) is 47.4 Å². The lowest BCUT2D eigenvalue weighted by Crippen LogP contribution is -2.17.